The van der Waals surface area contributed by atoms with Crippen molar-refractivity contribution in [2.75, 3.05) is 18.4 Å². The minimum atomic E-state index is 0.482. The number of hydrogen-bond donors (Lipinski definition) is 1. The van der Waals surface area contributed by atoms with Gasteiger partial charge in [0.05, 0.1) is 0 Å². The smallest absolute Gasteiger partial charge is 0.0460 e. The van der Waals surface area contributed by atoms with Crippen molar-refractivity contribution in [2.24, 2.45) is 0 Å². The lowest BCUT2D eigenvalue weighted by molar-refractivity contribution is 0.107. The van der Waals surface area contributed by atoms with Crippen molar-refractivity contribution in [1.29, 1.82) is 0 Å². The first-order valence-electron chi connectivity index (χ1n) is 7.63. The summed E-state index contributed by atoms with van der Waals surface area (Å²) in [5, 5.41) is 3.61. The highest BCUT2D eigenvalue weighted by molar-refractivity contribution is 5.55. The van der Waals surface area contributed by atoms with E-state index in [2.05, 4.69) is 37.1 Å². The van der Waals surface area contributed by atoms with E-state index in [9.17, 15) is 0 Å². The molecule has 0 amide bonds. The lowest BCUT2D eigenvalue weighted by Crippen LogP contribution is -2.47. The number of rotatable bonds is 3. The maximum Gasteiger partial charge on any atom is 0.0460 e. The van der Waals surface area contributed by atoms with Crippen LogP contribution in [0.5, 0.6) is 0 Å². The molecule has 1 N–H and O–H groups in total. The van der Waals surface area contributed by atoms with Gasteiger partial charge in [-0.3, -0.25) is 9.88 Å². The van der Waals surface area contributed by atoms with Crippen LogP contribution in [0.1, 0.15) is 43.6 Å². The summed E-state index contributed by atoms with van der Waals surface area (Å²) in [6.07, 6.45) is 4.99. The average Bonchev–Trinajstić information content (AvgIpc) is 2.26. The van der Waals surface area contributed by atoms with Crippen LogP contribution in [-0.4, -0.2) is 35.1 Å². The molecule has 1 aliphatic heterocycles. The molecule has 1 aliphatic carbocycles. The van der Waals surface area contributed by atoms with E-state index in [1.165, 1.54) is 49.3 Å². The molecule has 19 heavy (non-hydrogen) atoms. The van der Waals surface area contributed by atoms with Crippen molar-refractivity contribution in [3.63, 3.8) is 0 Å². The monoisotopic (exact) mass is 259 g/mol. The van der Waals surface area contributed by atoms with Gasteiger partial charge in [0, 0.05) is 29.2 Å². The van der Waals surface area contributed by atoms with Crippen molar-refractivity contribution in [3.8, 4) is 0 Å². The maximum absolute atomic E-state index is 4.76. The second-order valence-electron chi connectivity index (χ2n) is 6.32. The molecule has 1 saturated heterocycles. The van der Waals surface area contributed by atoms with E-state index in [4.69, 9.17) is 4.98 Å². The van der Waals surface area contributed by atoms with Gasteiger partial charge in [-0.1, -0.05) is 0 Å². The number of fused-ring (bicyclic) bond motifs is 1. The Balaban J connectivity index is 1.87. The van der Waals surface area contributed by atoms with Gasteiger partial charge in [-0.05, 0) is 71.2 Å². The summed E-state index contributed by atoms with van der Waals surface area (Å²) in [4.78, 5) is 7.40. The number of anilines is 1. The number of aryl methyl sites for hydroxylation is 2. The molecule has 1 fully saturated rings. The van der Waals surface area contributed by atoms with Crippen LogP contribution in [-0.2, 0) is 12.8 Å². The zero-order valence-electron chi connectivity index (χ0n) is 12.4. The van der Waals surface area contributed by atoms with Crippen LogP contribution in [0.25, 0.3) is 0 Å². The number of likely N-dealkylation sites (tertiary alicyclic amines) is 1. The van der Waals surface area contributed by atoms with E-state index in [0.717, 1.165) is 18.2 Å². The second kappa shape index (κ2) is 5.12. The predicted octanol–water partition coefficient (Wildman–Crippen LogP) is 2.77. The summed E-state index contributed by atoms with van der Waals surface area (Å²) in [6.45, 7) is 9.11. The summed E-state index contributed by atoms with van der Waals surface area (Å²) in [7, 11) is 0. The Labute approximate surface area is 116 Å². The van der Waals surface area contributed by atoms with Gasteiger partial charge in [0.1, 0.15) is 0 Å². The highest BCUT2D eigenvalue weighted by Gasteiger charge is 2.29. The molecule has 0 radical (unpaired) electrons. The summed E-state index contributed by atoms with van der Waals surface area (Å²) >= 11 is 0. The van der Waals surface area contributed by atoms with Crippen LogP contribution < -0.4 is 5.32 Å². The minimum Gasteiger partial charge on any atom is -0.383 e. The Morgan fingerprint density at radius 1 is 1.37 bits per heavy atom. The molecule has 0 spiro atoms. The zero-order valence-corrected chi connectivity index (χ0v) is 12.4. The summed E-state index contributed by atoms with van der Waals surface area (Å²) in [6, 6.07) is 3.45. The number of pyridine rings is 1. The van der Waals surface area contributed by atoms with Crippen molar-refractivity contribution in [1.82, 2.24) is 9.88 Å². The lowest BCUT2D eigenvalue weighted by atomic mass is 9.88. The Bertz CT molecular complexity index is 463. The van der Waals surface area contributed by atoms with E-state index in [1.807, 2.05) is 0 Å². The van der Waals surface area contributed by atoms with Crippen molar-refractivity contribution >= 4 is 5.69 Å². The van der Waals surface area contributed by atoms with Gasteiger partial charge in [0.25, 0.3) is 0 Å². The first kappa shape index (κ1) is 12.9. The fourth-order valence-corrected chi connectivity index (χ4v) is 3.30. The van der Waals surface area contributed by atoms with Gasteiger partial charge in [-0.25, -0.2) is 0 Å². The van der Waals surface area contributed by atoms with E-state index in [0.29, 0.717) is 6.04 Å². The normalized spacial score (nSPS) is 23.1. The summed E-state index contributed by atoms with van der Waals surface area (Å²) < 4.78 is 0. The Morgan fingerprint density at radius 2 is 2.16 bits per heavy atom. The topological polar surface area (TPSA) is 28.2 Å². The molecule has 3 heteroatoms. The third kappa shape index (κ3) is 2.62. The summed E-state index contributed by atoms with van der Waals surface area (Å²) in [5.41, 5.74) is 5.27. The fourth-order valence-electron chi connectivity index (χ4n) is 3.30. The number of aromatic nitrogens is 1. The maximum atomic E-state index is 4.76. The van der Waals surface area contributed by atoms with Gasteiger partial charge in [-0.2, -0.15) is 0 Å². The van der Waals surface area contributed by atoms with Crippen LogP contribution in [0.2, 0.25) is 0 Å². The molecule has 2 aliphatic rings. The standard InChI is InChI=1S/C16H25N3/c1-11(2)17-16-9-12(3)18-15-6-5-13(10-14(15)16)19-7-4-8-19/h9,11,13H,4-8,10H2,1-3H3,(H,17,18). The van der Waals surface area contributed by atoms with Gasteiger partial charge < -0.3 is 5.32 Å². The largest absolute Gasteiger partial charge is 0.383 e. The predicted molar refractivity (Wildman–Crippen MR) is 79.7 cm³/mol. The highest BCUT2D eigenvalue weighted by atomic mass is 15.2. The minimum absolute atomic E-state index is 0.482. The van der Waals surface area contributed by atoms with E-state index >= 15 is 0 Å². The van der Waals surface area contributed by atoms with Gasteiger partial charge >= 0.3 is 0 Å². The van der Waals surface area contributed by atoms with E-state index < -0.39 is 0 Å². The number of hydrogen-bond acceptors (Lipinski definition) is 3. The zero-order chi connectivity index (χ0) is 13.4. The van der Waals surface area contributed by atoms with Crippen LogP contribution in [0.15, 0.2) is 6.07 Å². The molecule has 104 valence electrons. The molecule has 0 saturated carbocycles. The van der Waals surface area contributed by atoms with E-state index in [-0.39, 0.29) is 0 Å². The number of nitrogens with zero attached hydrogens (tertiary/aromatic N) is 2. The van der Waals surface area contributed by atoms with Gasteiger partial charge in [-0.15, -0.1) is 0 Å². The Morgan fingerprint density at radius 3 is 2.79 bits per heavy atom. The molecule has 0 bridgehead atoms. The van der Waals surface area contributed by atoms with E-state index in [1.54, 1.807) is 0 Å². The molecule has 1 atom stereocenters. The van der Waals surface area contributed by atoms with Gasteiger partial charge in [0.15, 0.2) is 0 Å². The molecule has 3 nitrogen and oxygen atoms in total. The van der Waals surface area contributed by atoms with Crippen molar-refractivity contribution in [2.45, 2.75) is 58.5 Å². The third-order valence-corrected chi connectivity index (χ3v) is 4.34. The van der Waals surface area contributed by atoms with Crippen LogP contribution >= 0.6 is 0 Å². The van der Waals surface area contributed by atoms with Crippen LogP contribution in [0, 0.1) is 6.92 Å². The fraction of sp³-hybridized carbons (Fsp3) is 0.688. The number of nitrogens with one attached hydrogen (secondary N) is 1. The molecule has 3 rings (SSSR count). The molecule has 2 heterocycles. The molecule has 1 unspecified atom stereocenters. The molecule has 1 aromatic rings. The third-order valence-electron chi connectivity index (χ3n) is 4.34. The summed E-state index contributed by atoms with van der Waals surface area (Å²) in [5.74, 6) is 0. The van der Waals surface area contributed by atoms with Crippen LogP contribution in [0.3, 0.4) is 0 Å². The van der Waals surface area contributed by atoms with Gasteiger partial charge in [0.2, 0.25) is 0 Å². The van der Waals surface area contributed by atoms with Crippen molar-refractivity contribution in [3.05, 3.63) is 23.0 Å². The molecule has 1 aromatic heterocycles. The van der Waals surface area contributed by atoms with Crippen LogP contribution in [0.4, 0.5) is 5.69 Å². The molecular weight excluding hydrogens is 234 g/mol. The average molecular weight is 259 g/mol. The second-order valence-corrected chi connectivity index (χ2v) is 6.32. The lowest BCUT2D eigenvalue weighted by Gasteiger charge is -2.41. The molecule has 0 aromatic carbocycles. The quantitative estimate of drug-likeness (QED) is 0.904. The highest BCUT2D eigenvalue weighted by Crippen LogP contribution is 2.31. The first-order valence-corrected chi connectivity index (χ1v) is 7.63. The van der Waals surface area contributed by atoms with Crippen molar-refractivity contribution < 1.29 is 0 Å². The SMILES string of the molecule is Cc1cc(NC(C)C)c2c(n1)CCC(N1CCC1)C2. The Kier molecular flexibility index (Phi) is 3.48. The Hall–Kier alpha value is -1.09. The first-order chi connectivity index (χ1) is 9.13. The molecular formula is C16H25N3.